The summed E-state index contributed by atoms with van der Waals surface area (Å²) >= 11 is 0. The minimum absolute atomic E-state index is 0.387. The first kappa shape index (κ1) is 18.1. The number of sulfonamides is 1. The standard InChI is InChI=1S/C15H27N3O2S/c1-12-9-14(11-16-3)10-15(13(12)2)21(19,20)17-7-6-8-18(4)5/h9-10,16-17H,6-8,11H2,1-5H3. The second-order valence-electron chi connectivity index (χ2n) is 5.62. The molecule has 0 heterocycles. The Morgan fingerprint density at radius 1 is 1.19 bits per heavy atom. The second kappa shape index (κ2) is 7.89. The number of rotatable bonds is 8. The number of hydrogen-bond donors (Lipinski definition) is 2. The lowest BCUT2D eigenvalue weighted by Gasteiger charge is -2.14. The lowest BCUT2D eigenvalue weighted by Crippen LogP contribution is -2.28. The van der Waals surface area contributed by atoms with E-state index in [0.717, 1.165) is 29.7 Å². The second-order valence-corrected chi connectivity index (χ2v) is 7.36. The Morgan fingerprint density at radius 3 is 2.43 bits per heavy atom. The average Bonchev–Trinajstić information content (AvgIpc) is 2.38. The maximum absolute atomic E-state index is 12.5. The molecule has 0 aromatic heterocycles. The monoisotopic (exact) mass is 313 g/mol. The van der Waals surface area contributed by atoms with E-state index in [1.165, 1.54) is 0 Å². The first-order valence-corrected chi connectivity index (χ1v) is 8.65. The number of nitrogens with one attached hydrogen (secondary N) is 2. The smallest absolute Gasteiger partial charge is 0.240 e. The Bertz CT molecular complexity index is 569. The van der Waals surface area contributed by atoms with Crippen molar-refractivity contribution in [3.63, 3.8) is 0 Å². The van der Waals surface area contributed by atoms with E-state index < -0.39 is 10.0 Å². The predicted molar refractivity (Wildman–Crippen MR) is 87.0 cm³/mol. The zero-order chi connectivity index (χ0) is 16.0. The maximum atomic E-state index is 12.5. The van der Waals surface area contributed by atoms with Crippen LogP contribution in [-0.4, -0.2) is 47.6 Å². The number of benzene rings is 1. The van der Waals surface area contributed by atoms with Gasteiger partial charge in [0.25, 0.3) is 0 Å². The van der Waals surface area contributed by atoms with Crippen LogP contribution < -0.4 is 10.0 Å². The highest BCUT2D eigenvalue weighted by molar-refractivity contribution is 7.89. The third-order valence-electron chi connectivity index (χ3n) is 3.42. The van der Waals surface area contributed by atoms with Crippen LogP contribution in [0.25, 0.3) is 0 Å². The molecule has 120 valence electrons. The fourth-order valence-electron chi connectivity index (χ4n) is 2.16. The van der Waals surface area contributed by atoms with Gasteiger partial charge in [-0.2, -0.15) is 0 Å². The van der Waals surface area contributed by atoms with Crippen LogP contribution in [0.5, 0.6) is 0 Å². The highest BCUT2D eigenvalue weighted by Crippen LogP contribution is 2.21. The molecule has 1 rings (SSSR count). The van der Waals surface area contributed by atoms with E-state index in [2.05, 4.69) is 10.0 Å². The van der Waals surface area contributed by atoms with E-state index in [9.17, 15) is 8.42 Å². The molecule has 0 aliphatic carbocycles. The quantitative estimate of drug-likeness (QED) is 0.709. The molecule has 2 N–H and O–H groups in total. The minimum atomic E-state index is -3.45. The molecule has 0 bridgehead atoms. The van der Waals surface area contributed by atoms with Gasteiger partial charge in [0.1, 0.15) is 0 Å². The lowest BCUT2D eigenvalue weighted by molar-refractivity contribution is 0.400. The van der Waals surface area contributed by atoms with Gasteiger partial charge in [-0.15, -0.1) is 0 Å². The Kier molecular flexibility index (Phi) is 6.80. The van der Waals surface area contributed by atoms with Crippen molar-refractivity contribution in [3.8, 4) is 0 Å². The van der Waals surface area contributed by atoms with Crippen LogP contribution in [0.2, 0.25) is 0 Å². The third kappa shape index (κ3) is 5.39. The Morgan fingerprint density at radius 2 is 1.86 bits per heavy atom. The minimum Gasteiger partial charge on any atom is -0.316 e. The van der Waals surface area contributed by atoms with Crippen LogP contribution >= 0.6 is 0 Å². The first-order chi connectivity index (χ1) is 9.77. The molecule has 0 saturated carbocycles. The van der Waals surface area contributed by atoms with Gasteiger partial charge in [-0.3, -0.25) is 0 Å². The average molecular weight is 313 g/mol. The molecule has 0 unspecified atom stereocenters. The molecular weight excluding hydrogens is 286 g/mol. The Balaban J connectivity index is 2.91. The number of hydrogen-bond acceptors (Lipinski definition) is 4. The molecule has 0 aliphatic rings. The van der Waals surface area contributed by atoms with E-state index in [-0.39, 0.29) is 0 Å². The Labute approximate surface area is 128 Å². The van der Waals surface area contributed by atoms with Crippen LogP contribution in [0.15, 0.2) is 17.0 Å². The fourth-order valence-corrected chi connectivity index (χ4v) is 3.60. The van der Waals surface area contributed by atoms with E-state index in [4.69, 9.17) is 0 Å². The molecule has 0 aliphatic heterocycles. The predicted octanol–water partition coefficient (Wildman–Crippen LogP) is 1.25. The van der Waals surface area contributed by atoms with Gasteiger partial charge in [0.15, 0.2) is 0 Å². The maximum Gasteiger partial charge on any atom is 0.240 e. The third-order valence-corrected chi connectivity index (χ3v) is 5.01. The number of nitrogens with zero attached hydrogens (tertiary/aromatic N) is 1. The molecule has 0 amide bonds. The molecule has 6 heteroatoms. The normalized spacial score (nSPS) is 12.1. The summed E-state index contributed by atoms with van der Waals surface area (Å²) in [6, 6.07) is 3.78. The summed E-state index contributed by atoms with van der Waals surface area (Å²) in [4.78, 5) is 2.43. The molecule has 5 nitrogen and oxygen atoms in total. The SMILES string of the molecule is CNCc1cc(C)c(C)c(S(=O)(=O)NCCCN(C)C)c1. The molecule has 1 aromatic rings. The van der Waals surface area contributed by atoms with Crippen molar-refractivity contribution in [3.05, 3.63) is 28.8 Å². The first-order valence-electron chi connectivity index (χ1n) is 7.17. The Hall–Kier alpha value is -0.950. The van der Waals surface area contributed by atoms with E-state index in [1.54, 1.807) is 6.07 Å². The van der Waals surface area contributed by atoms with Gasteiger partial charge >= 0.3 is 0 Å². The van der Waals surface area contributed by atoms with Crippen molar-refractivity contribution in [2.75, 3.05) is 34.2 Å². The highest BCUT2D eigenvalue weighted by atomic mass is 32.2. The summed E-state index contributed by atoms with van der Waals surface area (Å²) in [5.41, 5.74) is 2.79. The van der Waals surface area contributed by atoms with Crippen molar-refractivity contribution in [2.45, 2.75) is 31.7 Å². The zero-order valence-corrected chi connectivity index (χ0v) is 14.5. The zero-order valence-electron chi connectivity index (χ0n) is 13.7. The van der Waals surface area contributed by atoms with Crippen LogP contribution in [0.1, 0.15) is 23.1 Å². The van der Waals surface area contributed by atoms with E-state index >= 15 is 0 Å². The molecule has 0 atom stereocenters. The van der Waals surface area contributed by atoms with Crippen LogP contribution in [0.4, 0.5) is 0 Å². The summed E-state index contributed by atoms with van der Waals surface area (Å²) in [6.07, 6.45) is 0.792. The van der Waals surface area contributed by atoms with Crippen molar-refractivity contribution in [2.24, 2.45) is 0 Å². The van der Waals surface area contributed by atoms with Gasteiger partial charge in [-0.05, 0) is 70.7 Å². The van der Waals surface area contributed by atoms with Gasteiger partial charge in [-0.25, -0.2) is 13.1 Å². The van der Waals surface area contributed by atoms with E-state index in [1.807, 2.05) is 46.0 Å². The van der Waals surface area contributed by atoms with E-state index in [0.29, 0.717) is 18.0 Å². The summed E-state index contributed by atoms with van der Waals surface area (Å²) in [7, 11) is 2.35. The number of aryl methyl sites for hydroxylation is 1. The van der Waals surface area contributed by atoms with Gasteiger partial charge < -0.3 is 10.2 Å². The van der Waals surface area contributed by atoms with Gasteiger partial charge in [0.2, 0.25) is 10.0 Å². The molecule has 0 spiro atoms. The van der Waals surface area contributed by atoms with Crippen LogP contribution in [0, 0.1) is 13.8 Å². The van der Waals surface area contributed by atoms with Crippen LogP contribution in [-0.2, 0) is 16.6 Å². The van der Waals surface area contributed by atoms with Crippen molar-refractivity contribution < 1.29 is 8.42 Å². The summed E-state index contributed by atoms with van der Waals surface area (Å²) in [5.74, 6) is 0. The van der Waals surface area contributed by atoms with Crippen molar-refractivity contribution in [1.82, 2.24) is 14.9 Å². The molecule has 1 aromatic carbocycles. The molecule has 0 fully saturated rings. The summed E-state index contributed by atoms with van der Waals surface area (Å²) in [5, 5.41) is 3.05. The van der Waals surface area contributed by atoms with Gasteiger partial charge in [0.05, 0.1) is 4.90 Å². The molecule has 0 radical (unpaired) electrons. The molecule has 0 saturated heterocycles. The topological polar surface area (TPSA) is 61.4 Å². The van der Waals surface area contributed by atoms with Crippen molar-refractivity contribution in [1.29, 1.82) is 0 Å². The van der Waals surface area contributed by atoms with Gasteiger partial charge in [-0.1, -0.05) is 6.07 Å². The fraction of sp³-hybridized carbons (Fsp3) is 0.600. The summed E-state index contributed by atoms with van der Waals surface area (Å²) in [6.45, 7) is 5.77. The lowest BCUT2D eigenvalue weighted by atomic mass is 10.1. The largest absolute Gasteiger partial charge is 0.316 e. The highest BCUT2D eigenvalue weighted by Gasteiger charge is 2.18. The van der Waals surface area contributed by atoms with Crippen LogP contribution in [0.3, 0.4) is 0 Å². The molecular formula is C15H27N3O2S. The summed E-state index contributed by atoms with van der Waals surface area (Å²) < 4.78 is 27.6. The van der Waals surface area contributed by atoms with Crippen molar-refractivity contribution >= 4 is 10.0 Å². The van der Waals surface area contributed by atoms with Gasteiger partial charge in [0, 0.05) is 13.1 Å². The molecule has 21 heavy (non-hydrogen) atoms.